The molecule has 2 aliphatic rings. The minimum Gasteiger partial charge on any atom is -0.440 e. The van der Waals surface area contributed by atoms with Crippen molar-refractivity contribution in [3.05, 3.63) is 158 Å². The number of fused-ring (bicyclic) bond motifs is 12. The second-order valence-corrected chi connectivity index (χ2v) is 16.8. The van der Waals surface area contributed by atoms with Gasteiger partial charge in [-0.25, -0.2) is 4.98 Å². The largest absolute Gasteiger partial charge is 0.440 e. The van der Waals surface area contributed by atoms with E-state index < -0.39 is 6.98 Å². The molecule has 11 aromatic rings. The number of anilines is 3. The van der Waals surface area contributed by atoms with Crippen LogP contribution in [-0.4, -0.2) is 20.8 Å². The molecule has 0 saturated carbocycles. The van der Waals surface area contributed by atoms with E-state index in [9.17, 15) is 0 Å². The molecule has 0 atom stereocenters. The minimum atomic E-state index is -2.47. The summed E-state index contributed by atoms with van der Waals surface area (Å²) in [6.07, 6.45) is 5.09. The van der Waals surface area contributed by atoms with E-state index in [1.807, 2.05) is 66.9 Å². The van der Waals surface area contributed by atoms with Crippen LogP contribution in [0.15, 0.2) is 155 Å². The number of hydrogen-bond donors (Lipinski definition) is 0. The molecule has 0 fully saturated rings. The van der Waals surface area contributed by atoms with Gasteiger partial charge in [0.05, 0.1) is 44.5 Å². The van der Waals surface area contributed by atoms with E-state index in [4.69, 9.17) is 22.7 Å². The zero-order valence-corrected chi connectivity index (χ0v) is 32.9. The summed E-state index contributed by atoms with van der Waals surface area (Å²) < 4.78 is 51.0. The van der Waals surface area contributed by atoms with Crippen molar-refractivity contribution in [2.45, 2.75) is 26.2 Å². The van der Waals surface area contributed by atoms with Crippen LogP contribution in [0.3, 0.4) is 0 Å². The molecular formula is C51H36BN5O3. The van der Waals surface area contributed by atoms with Gasteiger partial charge in [-0.15, -0.1) is 0 Å². The quantitative estimate of drug-likeness (QED) is 0.102. The second-order valence-electron chi connectivity index (χ2n) is 16.8. The molecule has 60 heavy (non-hydrogen) atoms. The lowest BCUT2D eigenvalue weighted by atomic mass is 9.34. The van der Waals surface area contributed by atoms with Crippen LogP contribution in [0.1, 0.15) is 30.4 Å². The van der Waals surface area contributed by atoms with Crippen LogP contribution in [0.2, 0.25) is 0 Å². The Morgan fingerprint density at radius 2 is 1.38 bits per heavy atom. The summed E-state index contributed by atoms with van der Waals surface area (Å²) in [4.78, 5) is 7.16. The lowest BCUT2D eigenvalue weighted by molar-refractivity contribution is -0.649. The molecule has 6 aromatic carbocycles. The van der Waals surface area contributed by atoms with Crippen molar-refractivity contribution in [1.29, 1.82) is 0 Å². The minimum absolute atomic E-state index is 0.0821. The van der Waals surface area contributed by atoms with Crippen LogP contribution in [0.25, 0.3) is 66.3 Å². The van der Waals surface area contributed by atoms with E-state index in [-0.39, 0.29) is 12.1 Å². The van der Waals surface area contributed by atoms with Crippen molar-refractivity contribution < 1.29 is 22.3 Å². The number of rotatable bonds is 3. The van der Waals surface area contributed by atoms with Crippen LogP contribution in [0.5, 0.6) is 11.7 Å². The highest BCUT2D eigenvalue weighted by Crippen LogP contribution is 2.47. The summed E-state index contributed by atoms with van der Waals surface area (Å²) in [5.41, 5.74) is 11.0. The monoisotopic (exact) mass is 780 g/mol. The number of aryl methyl sites for hydroxylation is 1. The maximum atomic E-state index is 8.42. The molecule has 0 unspecified atom stereocenters. The van der Waals surface area contributed by atoms with E-state index in [1.54, 1.807) is 10.6 Å². The Morgan fingerprint density at radius 1 is 0.667 bits per heavy atom. The van der Waals surface area contributed by atoms with E-state index in [1.165, 1.54) is 10.1 Å². The zero-order valence-electron chi connectivity index (χ0n) is 35.9. The first-order valence-electron chi connectivity index (χ1n) is 21.7. The maximum absolute atomic E-state index is 8.42. The summed E-state index contributed by atoms with van der Waals surface area (Å²) in [5, 5.41) is 4.16. The molecule has 0 N–H and O–H groups in total. The van der Waals surface area contributed by atoms with Gasteiger partial charge < -0.3 is 22.7 Å². The Morgan fingerprint density at radius 3 is 2.20 bits per heavy atom. The van der Waals surface area contributed by atoms with Crippen LogP contribution in [-0.2, 0) is 12.4 Å². The number of aromatic nitrogens is 4. The van der Waals surface area contributed by atoms with E-state index in [0.717, 1.165) is 77.3 Å². The molecule has 0 saturated heterocycles. The molecular weight excluding hydrogens is 741 g/mol. The molecule has 2 aliphatic heterocycles. The number of furan rings is 2. The van der Waals surface area contributed by atoms with Crippen molar-refractivity contribution in [3.63, 3.8) is 0 Å². The smallest absolute Gasteiger partial charge is 0.285 e. The third kappa shape index (κ3) is 4.51. The number of nitrogens with zero attached hydrogens (tertiary/aromatic N) is 5. The van der Waals surface area contributed by atoms with Crippen molar-refractivity contribution in [2.24, 2.45) is 6.98 Å². The molecule has 0 spiro atoms. The van der Waals surface area contributed by atoms with Crippen LogP contribution >= 0.6 is 0 Å². The number of pyridine rings is 1. The van der Waals surface area contributed by atoms with Crippen molar-refractivity contribution >= 4 is 95.1 Å². The van der Waals surface area contributed by atoms with Crippen molar-refractivity contribution in [3.8, 4) is 23.2 Å². The van der Waals surface area contributed by atoms with Gasteiger partial charge in [0.1, 0.15) is 22.7 Å². The van der Waals surface area contributed by atoms with Crippen LogP contribution < -0.4 is 30.6 Å². The third-order valence-corrected chi connectivity index (χ3v) is 12.4. The lowest BCUT2D eigenvalue weighted by Gasteiger charge is -2.37. The summed E-state index contributed by atoms with van der Waals surface area (Å²) >= 11 is 0. The van der Waals surface area contributed by atoms with E-state index in [2.05, 4.69) is 109 Å². The molecule has 13 rings (SSSR count). The predicted octanol–water partition coefficient (Wildman–Crippen LogP) is 9.94. The standard InChI is InChI=1S/C51H36BN5O3/c1-51(2,3)30-23-24-53-45(25-30)57-37-16-8-5-13-33(37)34-22-21-31(26-40(34)57)56-41-27-32(55-29-54(4)38-17-9-10-18-39(38)55)28-44-48(41)52(46-35-14-6-11-19-42(35)58-49(46)56)47-36-15-7-12-20-43(36)59-50(47)60-44/h5-28H,1-4H3/i4D3. The molecule has 0 aliphatic carbocycles. The number of imidazole rings is 1. The summed E-state index contributed by atoms with van der Waals surface area (Å²) in [5.74, 6) is 2.50. The van der Waals surface area contributed by atoms with Gasteiger partial charge in [-0.3, -0.25) is 9.47 Å². The first kappa shape index (κ1) is 30.5. The average Bonchev–Trinajstić information content (AvgIpc) is 4.05. The number of ether oxygens (including phenoxy) is 1. The highest BCUT2D eigenvalue weighted by atomic mass is 16.6. The molecule has 0 radical (unpaired) electrons. The first-order chi connectivity index (χ1) is 30.5. The highest BCUT2D eigenvalue weighted by molar-refractivity contribution is 7.01. The Balaban J connectivity index is 1.13. The topological polar surface area (TPSA) is 65.4 Å². The van der Waals surface area contributed by atoms with Gasteiger partial charge in [0.25, 0.3) is 12.7 Å². The predicted molar refractivity (Wildman–Crippen MR) is 240 cm³/mol. The average molecular weight is 781 g/mol. The van der Waals surface area contributed by atoms with Gasteiger partial charge >= 0.3 is 0 Å². The Labute approximate surface area is 349 Å². The molecule has 5 aromatic heterocycles. The van der Waals surface area contributed by atoms with Gasteiger partial charge in [0.2, 0.25) is 12.2 Å². The van der Waals surface area contributed by atoms with Crippen LogP contribution in [0, 0.1) is 6.33 Å². The molecule has 0 amide bonds. The van der Waals surface area contributed by atoms with Gasteiger partial charge in [-0.1, -0.05) is 106 Å². The maximum Gasteiger partial charge on any atom is 0.285 e. The van der Waals surface area contributed by atoms with Gasteiger partial charge in [0.15, 0.2) is 0 Å². The normalized spacial score (nSPS) is 14.3. The van der Waals surface area contributed by atoms with Crippen molar-refractivity contribution in [2.75, 3.05) is 4.90 Å². The SMILES string of the molecule is [2H]C([2H])([2H])[n+]1[c-]n(-c2cc3c4c(c2)N(c2ccc5c6ccccc6n(-c6cc(C(C)(C)C)ccn6)c5c2)c2oc5ccccc5c2B4c2c(oc4ccccc24)O3)c2ccccc21. The molecule has 286 valence electrons. The summed E-state index contributed by atoms with van der Waals surface area (Å²) in [6, 6.07) is 47.0. The fourth-order valence-electron chi connectivity index (χ4n) is 9.67. The second kappa shape index (κ2) is 11.8. The van der Waals surface area contributed by atoms with Crippen molar-refractivity contribution in [1.82, 2.24) is 14.1 Å². The lowest BCUT2D eigenvalue weighted by Crippen LogP contribution is -2.59. The first-order valence-corrected chi connectivity index (χ1v) is 20.2. The number of para-hydroxylation sites is 5. The van der Waals surface area contributed by atoms with Gasteiger partial charge in [-0.2, -0.15) is 0 Å². The Hall–Kier alpha value is -7.52. The molecule has 8 nitrogen and oxygen atoms in total. The number of benzene rings is 6. The molecule has 9 heteroatoms. The Bertz CT molecular complexity index is 3740. The van der Waals surface area contributed by atoms with E-state index >= 15 is 0 Å². The zero-order chi connectivity index (χ0) is 42.5. The van der Waals surface area contributed by atoms with Gasteiger partial charge in [-0.05, 0) is 71.0 Å². The summed E-state index contributed by atoms with van der Waals surface area (Å²) in [7, 11) is 0. The van der Waals surface area contributed by atoms with E-state index in [0.29, 0.717) is 34.3 Å². The molecule has 0 bridgehead atoms. The Kier molecular flexibility index (Phi) is 6.00. The highest BCUT2D eigenvalue weighted by Gasteiger charge is 2.47. The third-order valence-electron chi connectivity index (χ3n) is 12.4. The molecule has 7 heterocycles. The van der Waals surface area contributed by atoms with Crippen LogP contribution in [0.4, 0.5) is 17.3 Å². The fraction of sp³-hybridized carbons (Fsp3) is 0.0980. The fourth-order valence-corrected chi connectivity index (χ4v) is 9.67. The summed E-state index contributed by atoms with van der Waals surface area (Å²) in [6.45, 7) is 3.85. The van der Waals surface area contributed by atoms with Gasteiger partial charge in [0, 0.05) is 44.4 Å². The number of hydrogen-bond acceptors (Lipinski definition) is 5.